The molecule has 232 valence electrons. The molecule has 0 aromatic carbocycles. The number of hydrogen-bond donors (Lipinski definition) is 3. The molecule has 0 saturated heterocycles. The smallest absolute Gasteiger partial charge is 0.457 e. The Morgan fingerprint density at radius 1 is 0.769 bits per heavy atom. The third kappa shape index (κ3) is 27.2. The molecule has 0 heterocycles. The van der Waals surface area contributed by atoms with E-state index in [0.29, 0.717) is 6.61 Å². The van der Waals surface area contributed by atoms with E-state index in [9.17, 15) is 19.4 Å². The molecule has 0 spiro atoms. The summed E-state index contributed by atoms with van der Waals surface area (Å²) in [6.07, 6.45) is 20.4. The van der Waals surface area contributed by atoms with Gasteiger partial charge in [0.25, 0.3) is 0 Å². The minimum absolute atomic E-state index is 0.0487. The average Bonchev–Trinajstić information content (AvgIpc) is 2.92. The Morgan fingerprint density at radius 3 is 2.03 bits per heavy atom. The van der Waals surface area contributed by atoms with Crippen molar-refractivity contribution in [2.24, 2.45) is 0 Å². The summed E-state index contributed by atoms with van der Waals surface area (Å²) in [4.78, 5) is 22.2. The van der Waals surface area contributed by atoms with Crippen LogP contribution in [0, 0.1) is 0 Å². The molecule has 0 rings (SSSR count). The van der Waals surface area contributed by atoms with Crippen LogP contribution in [-0.2, 0) is 27.9 Å². The largest absolute Gasteiger partial charge is 0.472 e. The summed E-state index contributed by atoms with van der Waals surface area (Å²) < 4.78 is 32.9. The van der Waals surface area contributed by atoms with Crippen molar-refractivity contribution in [3.05, 3.63) is 12.2 Å². The second kappa shape index (κ2) is 27.4. The number of aliphatic hydroxyl groups excluding tert-OH is 2. The summed E-state index contributed by atoms with van der Waals surface area (Å²) in [5.41, 5.74) is 0. The van der Waals surface area contributed by atoms with Crippen molar-refractivity contribution in [2.45, 2.75) is 135 Å². The van der Waals surface area contributed by atoms with E-state index in [4.69, 9.17) is 19.1 Å². The van der Waals surface area contributed by atoms with Gasteiger partial charge in [-0.25, -0.2) is 4.57 Å². The first kappa shape index (κ1) is 38.2. The fourth-order valence-corrected chi connectivity index (χ4v) is 4.62. The predicted octanol–water partition coefficient (Wildman–Crippen LogP) is 6.63. The molecule has 3 unspecified atom stereocenters. The second-order valence-electron chi connectivity index (χ2n) is 10.1. The van der Waals surface area contributed by atoms with Crippen molar-refractivity contribution in [1.29, 1.82) is 0 Å². The molecule has 0 aliphatic rings. The number of rotatable bonds is 29. The van der Waals surface area contributed by atoms with Crippen LogP contribution >= 0.6 is 7.82 Å². The Labute approximate surface area is 237 Å². The molecule has 39 heavy (non-hydrogen) atoms. The Morgan fingerprint density at radius 2 is 1.36 bits per heavy atom. The standard InChI is InChI=1S/C29H57O9P/c1-3-5-7-9-11-13-14-15-17-19-21-29(32)38-28(26-37-39(33,34)36-24-27(31)23-30)25-35-22-20-18-16-12-10-8-6-4-2/h7,9,27-28,30-31H,3-6,8,10-26H2,1-2H3,(H,33,34)/b9-7-. The first-order valence-electron chi connectivity index (χ1n) is 15.2. The lowest BCUT2D eigenvalue weighted by molar-refractivity contribution is -0.154. The molecule has 0 fully saturated rings. The number of phosphoric acid groups is 1. The molecular formula is C29H57O9P. The molecule has 0 aliphatic heterocycles. The molecule has 0 saturated carbocycles. The van der Waals surface area contributed by atoms with Gasteiger partial charge in [0.1, 0.15) is 12.2 Å². The number of unbranched alkanes of at least 4 members (excludes halogenated alkanes) is 13. The maximum Gasteiger partial charge on any atom is 0.472 e. The van der Waals surface area contributed by atoms with E-state index in [1.165, 1.54) is 38.5 Å². The topological polar surface area (TPSA) is 132 Å². The Hall–Kier alpha value is -0.800. The van der Waals surface area contributed by atoms with E-state index in [1.54, 1.807) is 0 Å². The number of carbonyl (C=O) groups excluding carboxylic acids is 1. The normalized spacial score (nSPS) is 14.9. The van der Waals surface area contributed by atoms with Crippen LogP contribution in [0.1, 0.15) is 123 Å². The molecule has 0 bridgehead atoms. The van der Waals surface area contributed by atoms with E-state index in [0.717, 1.165) is 64.2 Å². The lowest BCUT2D eigenvalue weighted by atomic mass is 10.1. The van der Waals surface area contributed by atoms with Crippen LogP contribution in [0.2, 0.25) is 0 Å². The lowest BCUT2D eigenvalue weighted by Crippen LogP contribution is -2.29. The third-order valence-electron chi connectivity index (χ3n) is 6.18. The van der Waals surface area contributed by atoms with Gasteiger partial charge in [-0.3, -0.25) is 13.8 Å². The predicted molar refractivity (Wildman–Crippen MR) is 154 cm³/mol. The molecule has 9 nitrogen and oxygen atoms in total. The van der Waals surface area contributed by atoms with Crippen molar-refractivity contribution < 1.29 is 43.0 Å². The first-order valence-corrected chi connectivity index (χ1v) is 16.7. The van der Waals surface area contributed by atoms with Crippen molar-refractivity contribution in [3.63, 3.8) is 0 Å². The SMILES string of the molecule is CCC/C=C\CCCCCCCC(=O)OC(COCCCCCCCCCC)COP(=O)(O)OCC(O)CO. The minimum Gasteiger partial charge on any atom is -0.457 e. The van der Waals surface area contributed by atoms with Crippen molar-refractivity contribution in [3.8, 4) is 0 Å². The van der Waals surface area contributed by atoms with Crippen LogP contribution in [0.3, 0.4) is 0 Å². The van der Waals surface area contributed by atoms with E-state index >= 15 is 0 Å². The first-order chi connectivity index (χ1) is 18.8. The highest BCUT2D eigenvalue weighted by Crippen LogP contribution is 2.43. The molecule has 10 heteroatoms. The molecule has 0 radical (unpaired) electrons. The number of hydrogen-bond acceptors (Lipinski definition) is 8. The van der Waals surface area contributed by atoms with Crippen molar-refractivity contribution in [2.75, 3.05) is 33.0 Å². The van der Waals surface area contributed by atoms with Crippen LogP contribution in [0.15, 0.2) is 12.2 Å². The molecular weight excluding hydrogens is 523 g/mol. The van der Waals surface area contributed by atoms with Crippen LogP contribution in [-0.4, -0.2) is 66.3 Å². The van der Waals surface area contributed by atoms with Gasteiger partial charge in [-0.2, -0.15) is 0 Å². The summed E-state index contributed by atoms with van der Waals surface area (Å²) in [6.45, 7) is 3.39. The van der Waals surface area contributed by atoms with Gasteiger partial charge in [-0.05, 0) is 32.1 Å². The summed E-state index contributed by atoms with van der Waals surface area (Å²) >= 11 is 0. The fraction of sp³-hybridized carbons (Fsp3) is 0.897. The van der Waals surface area contributed by atoms with Gasteiger partial charge < -0.3 is 24.6 Å². The number of allylic oxidation sites excluding steroid dienone is 2. The maximum atomic E-state index is 12.4. The Balaban J connectivity index is 4.35. The Kier molecular flexibility index (Phi) is 26.8. The summed E-state index contributed by atoms with van der Waals surface area (Å²) in [6, 6.07) is 0. The number of esters is 1. The zero-order chi connectivity index (χ0) is 29.0. The Bertz CT molecular complexity index is 630. The summed E-state index contributed by atoms with van der Waals surface area (Å²) in [5.74, 6) is -0.397. The highest BCUT2D eigenvalue weighted by molar-refractivity contribution is 7.47. The van der Waals surface area contributed by atoms with E-state index in [2.05, 4.69) is 30.5 Å². The maximum absolute atomic E-state index is 12.4. The third-order valence-corrected chi connectivity index (χ3v) is 7.13. The monoisotopic (exact) mass is 580 g/mol. The molecule has 0 amide bonds. The number of phosphoric ester groups is 1. The molecule has 3 N–H and O–H groups in total. The average molecular weight is 581 g/mol. The molecule has 3 atom stereocenters. The summed E-state index contributed by atoms with van der Waals surface area (Å²) in [7, 11) is -4.49. The van der Waals surface area contributed by atoms with Gasteiger partial charge in [-0.15, -0.1) is 0 Å². The van der Waals surface area contributed by atoms with Gasteiger partial charge >= 0.3 is 13.8 Å². The quantitative estimate of drug-likeness (QED) is 0.0386. The van der Waals surface area contributed by atoms with Gasteiger partial charge in [0, 0.05) is 13.0 Å². The van der Waals surface area contributed by atoms with E-state index in [-0.39, 0.29) is 19.6 Å². The zero-order valence-corrected chi connectivity index (χ0v) is 25.5. The van der Waals surface area contributed by atoms with Gasteiger partial charge in [0.2, 0.25) is 0 Å². The molecule has 0 aromatic heterocycles. The van der Waals surface area contributed by atoms with Gasteiger partial charge in [-0.1, -0.05) is 96.6 Å². The fourth-order valence-electron chi connectivity index (χ4n) is 3.83. The number of ether oxygens (including phenoxy) is 2. The van der Waals surface area contributed by atoms with Crippen LogP contribution < -0.4 is 0 Å². The van der Waals surface area contributed by atoms with Crippen molar-refractivity contribution in [1.82, 2.24) is 0 Å². The highest BCUT2D eigenvalue weighted by Gasteiger charge is 2.26. The van der Waals surface area contributed by atoms with Crippen LogP contribution in [0.5, 0.6) is 0 Å². The highest BCUT2D eigenvalue weighted by atomic mass is 31.2. The molecule has 0 aliphatic carbocycles. The zero-order valence-electron chi connectivity index (χ0n) is 24.6. The lowest BCUT2D eigenvalue weighted by Gasteiger charge is -2.20. The second-order valence-corrected chi connectivity index (χ2v) is 11.6. The van der Waals surface area contributed by atoms with E-state index in [1.807, 2.05) is 0 Å². The van der Waals surface area contributed by atoms with Gasteiger partial charge in [0.15, 0.2) is 0 Å². The number of carbonyl (C=O) groups is 1. The van der Waals surface area contributed by atoms with Gasteiger partial charge in [0.05, 0.1) is 26.4 Å². The van der Waals surface area contributed by atoms with Crippen LogP contribution in [0.4, 0.5) is 0 Å². The molecule has 0 aromatic rings. The van der Waals surface area contributed by atoms with E-state index < -0.39 is 39.2 Å². The van der Waals surface area contributed by atoms with Crippen molar-refractivity contribution >= 4 is 13.8 Å². The minimum atomic E-state index is -4.49. The van der Waals surface area contributed by atoms with Crippen LogP contribution in [0.25, 0.3) is 0 Å². The number of aliphatic hydroxyl groups is 2. The summed E-state index contributed by atoms with van der Waals surface area (Å²) in [5, 5.41) is 18.1.